The van der Waals surface area contributed by atoms with Gasteiger partial charge in [0, 0.05) is 60.6 Å². The summed E-state index contributed by atoms with van der Waals surface area (Å²) in [5, 5.41) is 16.5. The van der Waals surface area contributed by atoms with E-state index < -0.39 is 97.2 Å². The van der Waals surface area contributed by atoms with Crippen LogP contribution in [0.5, 0.6) is 11.5 Å². The van der Waals surface area contributed by atoms with Crippen LogP contribution in [0.1, 0.15) is 56.0 Å². The minimum absolute atomic E-state index is 0.0173. The molecule has 2 saturated heterocycles. The molecule has 3 aliphatic rings. The lowest BCUT2D eigenvalue weighted by atomic mass is 9.70. The van der Waals surface area contributed by atoms with Gasteiger partial charge in [-0.25, -0.2) is 18.2 Å². The van der Waals surface area contributed by atoms with Crippen LogP contribution >= 0.6 is 23.2 Å². The standard InChI is InChI=1S/C46H52Cl2F3N7O6/c1-27-42(61)53-37(25-59)43(62)54-45(19-28-6-10-31(47)11-7-28)14-5-15-57(26-45)44(63)34(30-20-46(50,51)21-30)18-41(60)58(27)23-35-36(49)16-32(48)17-39(35)64-33-12-8-29(9-13-33)38-22-52-40(56(38)4)24-55(2)3/h6-13,16-17,22,27,30,34,37,59H,5,14-15,18-21,23-26H2,1-4H3,(H,53,61)(H,54,62)/t27-,34?,37-,45+/m0/s1. The molecule has 2 aliphatic heterocycles. The van der Waals surface area contributed by atoms with Gasteiger partial charge in [0.1, 0.15) is 35.2 Å². The lowest BCUT2D eigenvalue weighted by Gasteiger charge is -2.47. The Bertz CT molecular complexity index is 2380. The number of carbonyl (C=O) groups excluding carboxylic acids is 4. The Hall–Kier alpha value is -5.16. The van der Waals surface area contributed by atoms with Gasteiger partial charge in [0.2, 0.25) is 29.6 Å². The Morgan fingerprint density at radius 1 is 0.984 bits per heavy atom. The highest BCUT2D eigenvalue weighted by Gasteiger charge is 2.53. The van der Waals surface area contributed by atoms with Gasteiger partial charge in [0.15, 0.2) is 0 Å². The van der Waals surface area contributed by atoms with Crippen molar-refractivity contribution in [1.82, 2.24) is 34.9 Å². The first-order valence-corrected chi connectivity index (χ1v) is 21.9. The molecule has 1 saturated carbocycles. The van der Waals surface area contributed by atoms with Gasteiger partial charge in [0.05, 0.1) is 43.0 Å². The van der Waals surface area contributed by atoms with Crippen LogP contribution in [0, 0.1) is 17.7 Å². The number of aliphatic hydroxyl groups excluding tert-OH is 1. The van der Waals surface area contributed by atoms with Gasteiger partial charge >= 0.3 is 0 Å². The van der Waals surface area contributed by atoms with Gasteiger partial charge in [-0.15, -0.1) is 0 Å². The van der Waals surface area contributed by atoms with Gasteiger partial charge in [-0.05, 0) is 100 Å². The Kier molecular flexibility index (Phi) is 14.0. The van der Waals surface area contributed by atoms with E-state index in [9.17, 15) is 33.1 Å². The van der Waals surface area contributed by atoms with E-state index in [-0.39, 0.29) is 35.8 Å². The number of aromatic nitrogens is 2. The van der Waals surface area contributed by atoms with Crippen LogP contribution in [0.3, 0.4) is 0 Å². The fraction of sp³-hybridized carbons (Fsp3) is 0.457. The van der Waals surface area contributed by atoms with Crippen LogP contribution < -0.4 is 15.4 Å². The summed E-state index contributed by atoms with van der Waals surface area (Å²) in [5.41, 5.74) is 1.22. The third kappa shape index (κ3) is 10.5. The molecule has 13 nitrogen and oxygen atoms in total. The van der Waals surface area contributed by atoms with E-state index >= 15 is 4.39 Å². The molecule has 18 heteroatoms. The predicted octanol–water partition coefficient (Wildman–Crippen LogP) is 6.37. The van der Waals surface area contributed by atoms with Gasteiger partial charge in [0.25, 0.3) is 0 Å². The maximum Gasteiger partial charge on any atom is 0.248 e. The van der Waals surface area contributed by atoms with Crippen molar-refractivity contribution < 1.29 is 42.2 Å². The molecule has 3 N–H and O–H groups in total. The topological polar surface area (TPSA) is 149 Å². The van der Waals surface area contributed by atoms with E-state index in [0.717, 1.165) is 33.6 Å². The number of nitrogens with one attached hydrogen (secondary N) is 2. The molecule has 4 aromatic rings. The van der Waals surface area contributed by atoms with Crippen molar-refractivity contribution in [3.05, 3.63) is 99.7 Å². The van der Waals surface area contributed by atoms with Crippen molar-refractivity contribution in [3.8, 4) is 22.8 Å². The molecule has 3 fully saturated rings. The number of fused-ring (bicyclic) bond motifs is 2. The molecule has 64 heavy (non-hydrogen) atoms. The first kappa shape index (κ1) is 46.8. The summed E-state index contributed by atoms with van der Waals surface area (Å²) in [6, 6.07) is 13.4. The smallest absolute Gasteiger partial charge is 0.248 e. The summed E-state index contributed by atoms with van der Waals surface area (Å²) in [6.07, 6.45) is 1.03. The van der Waals surface area contributed by atoms with Crippen molar-refractivity contribution in [2.45, 2.75) is 82.1 Å². The normalized spacial score (nSPS) is 23.4. The molecule has 7 rings (SSSR count). The molecule has 0 radical (unpaired) electrons. The highest BCUT2D eigenvalue weighted by Crippen LogP contribution is 2.48. The van der Waals surface area contributed by atoms with Crippen LogP contribution in [0.15, 0.2) is 66.9 Å². The van der Waals surface area contributed by atoms with Gasteiger partial charge in [-0.2, -0.15) is 0 Å². The molecule has 342 valence electrons. The summed E-state index contributed by atoms with van der Waals surface area (Å²) in [7, 11) is 5.81. The summed E-state index contributed by atoms with van der Waals surface area (Å²) in [4.78, 5) is 66.5. The number of ether oxygens (including phenoxy) is 1. The number of nitrogens with zero attached hydrogens (tertiary/aromatic N) is 5. The number of rotatable bonds is 11. The Morgan fingerprint density at radius 3 is 2.34 bits per heavy atom. The molecule has 3 aromatic carbocycles. The van der Waals surface area contributed by atoms with Crippen LogP contribution in [0.25, 0.3) is 11.3 Å². The minimum Gasteiger partial charge on any atom is -0.457 e. The third-order valence-electron chi connectivity index (χ3n) is 12.5. The van der Waals surface area contributed by atoms with Crippen molar-refractivity contribution >= 4 is 46.8 Å². The van der Waals surface area contributed by atoms with Crippen molar-refractivity contribution in [1.29, 1.82) is 0 Å². The van der Waals surface area contributed by atoms with Crippen LogP contribution in [-0.2, 0) is 45.7 Å². The van der Waals surface area contributed by atoms with Crippen LogP contribution in [0.4, 0.5) is 13.2 Å². The second kappa shape index (κ2) is 19.1. The van der Waals surface area contributed by atoms with E-state index in [1.807, 2.05) is 42.7 Å². The number of hydrogen-bond acceptors (Lipinski definition) is 8. The summed E-state index contributed by atoms with van der Waals surface area (Å²) in [5.74, 6) is -7.85. The minimum atomic E-state index is -3.03. The highest BCUT2D eigenvalue weighted by atomic mass is 35.5. The SMILES string of the molecule is C[C@H]1C(=O)N[C@@H](CO)C(=O)N[C@@]2(Cc3ccc(Cl)cc3)CCCN(C2)C(=O)C(C2CC(F)(F)C2)CC(=O)N1Cc1c(F)cc(Cl)cc1Oc1ccc(-c2cnc(CN(C)C)n2C)cc1. The number of carbonyl (C=O) groups is 4. The number of benzene rings is 3. The molecule has 1 aromatic heterocycles. The Morgan fingerprint density at radius 2 is 1.69 bits per heavy atom. The molecule has 2 bridgehead atoms. The molecule has 3 heterocycles. The zero-order valence-corrected chi connectivity index (χ0v) is 37.6. The second-order valence-corrected chi connectivity index (χ2v) is 18.4. The third-order valence-corrected chi connectivity index (χ3v) is 13.0. The monoisotopic (exact) mass is 925 g/mol. The van der Waals surface area contributed by atoms with E-state index in [2.05, 4.69) is 15.6 Å². The van der Waals surface area contributed by atoms with Crippen molar-refractivity contribution in [2.24, 2.45) is 18.9 Å². The molecule has 4 amide bonds. The van der Waals surface area contributed by atoms with Crippen molar-refractivity contribution in [3.63, 3.8) is 0 Å². The first-order chi connectivity index (χ1) is 30.3. The zero-order valence-electron chi connectivity index (χ0n) is 36.1. The van der Waals surface area contributed by atoms with Gasteiger partial charge in [-0.1, -0.05) is 35.3 Å². The lowest BCUT2D eigenvalue weighted by molar-refractivity contribution is -0.162. The van der Waals surface area contributed by atoms with E-state index in [4.69, 9.17) is 27.9 Å². The largest absolute Gasteiger partial charge is 0.457 e. The highest BCUT2D eigenvalue weighted by molar-refractivity contribution is 6.31. The second-order valence-electron chi connectivity index (χ2n) is 17.6. The number of amides is 4. The molecule has 1 aliphatic carbocycles. The predicted molar refractivity (Wildman–Crippen MR) is 234 cm³/mol. The quantitative estimate of drug-likeness (QED) is 0.157. The maximum absolute atomic E-state index is 16.2. The number of piperidine rings is 1. The summed E-state index contributed by atoms with van der Waals surface area (Å²) >= 11 is 12.5. The fourth-order valence-electron chi connectivity index (χ4n) is 8.97. The van der Waals surface area contributed by atoms with Crippen LogP contribution in [-0.4, -0.2) is 110 Å². The number of hydrogen-bond donors (Lipinski definition) is 3. The average molecular weight is 927 g/mol. The van der Waals surface area contributed by atoms with Gasteiger partial charge < -0.3 is 39.7 Å². The molecule has 0 spiro atoms. The number of halogens is 5. The summed E-state index contributed by atoms with van der Waals surface area (Å²) < 4.78 is 53.4. The molecule has 4 atom stereocenters. The van der Waals surface area contributed by atoms with E-state index in [0.29, 0.717) is 30.2 Å². The fourth-order valence-corrected chi connectivity index (χ4v) is 9.29. The van der Waals surface area contributed by atoms with Crippen LogP contribution in [0.2, 0.25) is 10.0 Å². The number of alkyl halides is 2. The summed E-state index contributed by atoms with van der Waals surface area (Å²) in [6.45, 7) is 0.807. The number of imidazole rings is 1. The Balaban J connectivity index is 1.21. The Labute approximate surface area is 379 Å². The lowest BCUT2D eigenvalue weighted by Crippen LogP contribution is -2.65. The van der Waals surface area contributed by atoms with Crippen molar-refractivity contribution in [2.75, 3.05) is 33.8 Å². The van der Waals surface area contributed by atoms with Gasteiger partial charge in [-0.3, -0.25) is 19.2 Å². The van der Waals surface area contributed by atoms with E-state index in [1.54, 1.807) is 42.6 Å². The zero-order chi connectivity index (χ0) is 46.1. The first-order valence-electron chi connectivity index (χ1n) is 21.2. The average Bonchev–Trinajstić information content (AvgIpc) is 3.59. The molecule has 1 unspecified atom stereocenters. The number of aliphatic hydroxyl groups is 1. The molecular formula is C46H52Cl2F3N7O6. The molecular weight excluding hydrogens is 874 g/mol. The maximum atomic E-state index is 16.2. The van der Waals surface area contributed by atoms with E-state index in [1.165, 1.54) is 17.9 Å².